The first-order valence-electron chi connectivity index (χ1n) is 7.44. The molecule has 3 aliphatic rings. The minimum Gasteiger partial charge on any atom is -0.507 e. The van der Waals surface area contributed by atoms with Gasteiger partial charge in [-0.2, -0.15) is 0 Å². The average Bonchev–Trinajstić information content (AvgIpc) is 2.90. The van der Waals surface area contributed by atoms with Crippen molar-refractivity contribution in [2.75, 3.05) is 0 Å². The van der Waals surface area contributed by atoms with Crippen LogP contribution in [0.1, 0.15) is 19.4 Å². The zero-order valence-corrected chi connectivity index (χ0v) is 12.8. The van der Waals surface area contributed by atoms with Gasteiger partial charge in [-0.3, -0.25) is 4.79 Å². The molecule has 23 heavy (non-hydrogen) atoms. The van der Waals surface area contributed by atoms with Crippen molar-refractivity contribution in [1.82, 2.24) is 0 Å². The smallest absolute Gasteiger partial charge is 0.186 e. The standard InChI is InChI=1S/C18H16O5/c1-18(2,21)15-6-10-4-3-9-5-12-13(20)7-11(19)8-14(12)22-16(9)17(10)23-15/h3-5,7-8,15,20-21H,6H2,1-2H3. The van der Waals surface area contributed by atoms with Crippen molar-refractivity contribution in [1.29, 1.82) is 0 Å². The number of hydrogen-bond acceptors (Lipinski definition) is 5. The third-order valence-electron chi connectivity index (χ3n) is 4.28. The fraction of sp³-hybridized carbons (Fsp3) is 0.278. The highest BCUT2D eigenvalue weighted by Crippen LogP contribution is 2.42. The summed E-state index contributed by atoms with van der Waals surface area (Å²) < 4.78 is 11.8. The lowest BCUT2D eigenvalue weighted by atomic mass is 9.97. The van der Waals surface area contributed by atoms with E-state index in [1.54, 1.807) is 19.9 Å². The van der Waals surface area contributed by atoms with Crippen molar-refractivity contribution in [3.05, 3.63) is 46.1 Å². The molecule has 0 aromatic heterocycles. The molecule has 1 aromatic carbocycles. The zero-order valence-electron chi connectivity index (χ0n) is 12.8. The van der Waals surface area contributed by atoms with Crippen LogP contribution in [0.25, 0.3) is 22.3 Å². The fourth-order valence-electron chi connectivity index (χ4n) is 2.99. The summed E-state index contributed by atoms with van der Waals surface area (Å²) in [6, 6.07) is 8.10. The van der Waals surface area contributed by atoms with Crippen molar-refractivity contribution in [3.63, 3.8) is 0 Å². The van der Waals surface area contributed by atoms with Gasteiger partial charge in [0.15, 0.2) is 16.8 Å². The number of phenolic OH excluding ortho intramolecular Hbond substituents is 1. The lowest BCUT2D eigenvalue weighted by Gasteiger charge is -2.24. The Morgan fingerprint density at radius 3 is 2.74 bits per heavy atom. The van der Waals surface area contributed by atoms with Gasteiger partial charge in [-0.05, 0) is 19.9 Å². The first-order valence-corrected chi connectivity index (χ1v) is 7.44. The largest absolute Gasteiger partial charge is 0.507 e. The first-order chi connectivity index (χ1) is 10.8. The maximum Gasteiger partial charge on any atom is 0.186 e. The molecule has 2 aliphatic heterocycles. The second kappa shape index (κ2) is 4.49. The number of phenols is 1. The quantitative estimate of drug-likeness (QED) is 0.675. The highest BCUT2D eigenvalue weighted by Gasteiger charge is 2.36. The van der Waals surface area contributed by atoms with E-state index in [0.717, 1.165) is 17.0 Å². The molecule has 5 heteroatoms. The first kappa shape index (κ1) is 14.1. The van der Waals surface area contributed by atoms with Crippen LogP contribution in [0.3, 0.4) is 0 Å². The Labute approximate surface area is 132 Å². The van der Waals surface area contributed by atoms with Gasteiger partial charge in [-0.15, -0.1) is 0 Å². The average molecular weight is 312 g/mol. The SMILES string of the molecule is CC(C)(O)C1Cc2ccc3cc4c(O)cc(=O)cc-4oc3c2O1. The van der Waals surface area contributed by atoms with Crippen molar-refractivity contribution >= 4 is 11.0 Å². The van der Waals surface area contributed by atoms with Crippen LogP contribution in [0.2, 0.25) is 0 Å². The van der Waals surface area contributed by atoms with Crippen molar-refractivity contribution in [2.45, 2.75) is 32.0 Å². The van der Waals surface area contributed by atoms with E-state index in [9.17, 15) is 15.0 Å². The molecule has 0 spiro atoms. The Bertz CT molecular complexity index is 948. The lowest BCUT2D eigenvalue weighted by Crippen LogP contribution is -2.39. The number of fused-ring (bicyclic) bond motifs is 4. The van der Waals surface area contributed by atoms with E-state index in [0.29, 0.717) is 29.1 Å². The maximum atomic E-state index is 11.6. The van der Waals surface area contributed by atoms with Crippen LogP contribution >= 0.6 is 0 Å². The zero-order chi connectivity index (χ0) is 16.4. The van der Waals surface area contributed by atoms with Gasteiger partial charge in [-0.1, -0.05) is 12.1 Å². The molecule has 2 N–H and O–H groups in total. The van der Waals surface area contributed by atoms with E-state index in [4.69, 9.17) is 9.15 Å². The summed E-state index contributed by atoms with van der Waals surface area (Å²) in [5.41, 5.74) is 0.667. The fourth-order valence-corrected chi connectivity index (χ4v) is 2.99. The molecule has 0 saturated heterocycles. The van der Waals surface area contributed by atoms with E-state index in [1.807, 2.05) is 12.1 Å². The molecule has 2 heterocycles. The highest BCUT2D eigenvalue weighted by atomic mass is 16.5. The molecule has 0 radical (unpaired) electrons. The second-order valence-electron chi connectivity index (χ2n) is 6.54. The van der Waals surface area contributed by atoms with E-state index >= 15 is 0 Å². The van der Waals surface area contributed by atoms with Gasteiger partial charge in [0.25, 0.3) is 0 Å². The molecule has 1 aromatic rings. The molecule has 4 rings (SSSR count). The normalized spacial score (nSPS) is 17.4. The minimum absolute atomic E-state index is 0.103. The number of rotatable bonds is 1. The van der Waals surface area contributed by atoms with Crippen LogP contribution in [0.4, 0.5) is 0 Å². The predicted octanol–water partition coefficient (Wildman–Crippen LogP) is 2.68. The summed E-state index contributed by atoms with van der Waals surface area (Å²) in [4.78, 5) is 11.6. The van der Waals surface area contributed by atoms with Crippen LogP contribution in [-0.2, 0) is 6.42 Å². The van der Waals surface area contributed by atoms with Gasteiger partial charge < -0.3 is 19.4 Å². The summed E-state index contributed by atoms with van der Waals surface area (Å²) in [5, 5.41) is 20.9. The van der Waals surface area contributed by atoms with Gasteiger partial charge >= 0.3 is 0 Å². The molecule has 0 saturated carbocycles. The Morgan fingerprint density at radius 2 is 2.00 bits per heavy atom. The molecule has 0 amide bonds. The van der Waals surface area contributed by atoms with Crippen LogP contribution in [-0.4, -0.2) is 21.9 Å². The molecular weight excluding hydrogens is 296 g/mol. The molecule has 5 nitrogen and oxygen atoms in total. The molecule has 1 unspecified atom stereocenters. The van der Waals surface area contributed by atoms with Crippen LogP contribution in [0.5, 0.6) is 11.5 Å². The van der Waals surface area contributed by atoms with E-state index in [2.05, 4.69) is 0 Å². The highest BCUT2D eigenvalue weighted by molar-refractivity contribution is 5.90. The van der Waals surface area contributed by atoms with E-state index < -0.39 is 5.60 Å². The van der Waals surface area contributed by atoms with Crippen molar-refractivity contribution in [2.24, 2.45) is 0 Å². The Morgan fingerprint density at radius 1 is 1.22 bits per heavy atom. The van der Waals surface area contributed by atoms with Crippen LogP contribution < -0.4 is 10.2 Å². The summed E-state index contributed by atoms with van der Waals surface area (Å²) in [6.07, 6.45) is 0.239. The van der Waals surface area contributed by atoms with E-state index in [1.165, 1.54) is 6.07 Å². The monoisotopic (exact) mass is 312 g/mol. The maximum absolute atomic E-state index is 11.6. The summed E-state index contributed by atoms with van der Waals surface area (Å²) in [6.45, 7) is 3.42. The number of aromatic hydroxyl groups is 1. The Balaban J connectivity index is 1.97. The van der Waals surface area contributed by atoms with Gasteiger partial charge in [0.2, 0.25) is 0 Å². The molecule has 1 aliphatic carbocycles. The van der Waals surface area contributed by atoms with Crippen molar-refractivity contribution < 1.29 is 19.4 Å². The topological polar surface area (TPSA) is 79.9 Å². The Hall–Kier alpha value is -2.53. The summed E-state index contributed by atoms with van der Waals surface area (Å²) >= 11 is 0. The van der Waals surface area contributed by atoms with Crippen molar-refractivity contribution in [3.8, 4) is 22.8 Å². The third kappa shape index (κ3) is 2.16. The number of hydrogen-bond donors (Lipinski definition) is 2. The molecular formula is C18H16O5. The van der Waals surface area contributed by atoms with Crippen LogP contribution in [0, 0.1) is 0 Å². The van der Waals surface area contributed by atoms with Gasteiger partial charge in [0.05, 0.1) is 11.2 Å². The molecule has 1 atom stereocenters. The molecule has 0 fully saturated rings. The minimum atomic E-state index is -0.970. The molecule has 118 valence electrons. The second-order valence-corrected chi connectivity index (χ2v) is 6.54. The van der Waals surface area contributed by atoms with Crippen LogP contribution in [0.15, 0.2) is 39.5 Å². The Kier molecular flexibility index (Phi) is 2.75. The summed E-state index contributed by atoms with van der Waals surface area (Å²) in [5.74, 6) is 0.799. The summed E-state index contributed by atoms with van der Waals surface area (Å²) in [7, 11) is 0. The lowest BCUT2D eigenvalue weighted by molar-refractivity contribution is -0.0227. The molecule has 0 bridgehead atoms. The number of benzene rings is 2. The van der Waals surface area contributed by atoms with Gasteiger partial charge in [0.1, 0.15) is 17.6 Å². The van der Waals surface area contributed by atoms with E-state index in [-0.39, 0.29) is 17.3 Å². The number of aliphatic hydroxyl groups is 1. The number of ether oxygens (including phenoxy) is 1. The van der Waals surface area contributed by atoms with Gasteiger partial charge in [0, 0.05) is 29.5 Å². The van der Waals surface area contributed by atoms with Gasteiger partial charge in [-0.25, -0.2) is 0 Å². The predicted molar refractivity (Wildman–Crippen MR) is 85.2 cm³/mol. The third-order valence-corrected chi connectivity index (χ3v) is 4.28.